The summed E-state index contributed by atoms with van der Waals surface area (Å²) in [5.41, 5.74) is -0.0847. The molecule has 0 aromatic heterocycles. The molecule has 2 nitrogen and oxygen atoms in total. The maximum atomic E-state index is 12.9. The van der Waals surface area contributed by atoms with Gasteiger partial charge >= 0.3 is 5.97 Å². The summed E-state index contributed by atoms with van der Waals surface area (Å²) in [6.45, 7) is 1.46. The molecule has 0 radical (unpaired) electrons. The largest absolute Gasteiger partial charge is 0.478 e. The van der Waals surface area contributed by atoms with Gasteiger partial charge in [0.2, 0.25) is 0 Å². The lowest BCUT2D eigenvalue weighted by Crippen LogP contribution is -2.02. The highest BCUT2D eigenvalue weighted by Crippen LogP contribution is 2.11. The molecule has 0 heterocycles. The Kier molecular flexibility index (Phi) is 1.55. The van der Waals surface area contributed by atoms with E-state index in [1.807, 2.05) is 0 Å². The lowest BCUT2D eigenvalue weighted by Gasteiger charge is -1.99. The van der Waals surface area contributed by atoms with Crippen molar-refractivity contribution in [2.24, 2.45) is 0 Å². The van der Waals surface area contributed by atoms with Gasteiger partial charge in [0.05, 0.1) is 6.93 Å². The van der Waals surface area contributed by atoms with E-state index in [0.29, 0.717) is 0 Å². The second-order valence-electron chi connectivity index (χ2n) is 2.17. The van der Waals surface area contributed by atoms with Crippen LogP contribution in [0.3, 0.4) is 0 Å². The van der Waals surface area contributed by atoms with E-state index in [0.717, 1.165) is 6.07 Å². The van der Waals surface area contributed by atoms with Gasteiger partial charge in [0, 0.05) is 0 Å². The molecular formula is C8H7FO2. The number of carboxylic acid groups (broad SMARTS) is 1. The van der Waals surface area contributed by atoms with Crippen LogP contribution in [0.2, 0.25) is 0 Å². The molecule has 1 aromatic carbocycles. The third-order valence-electron chi connectivity index (χ3n) is 1.36. The number of hydrogen-bond donors (Lipinski definition) is 1. The molecule has 1 aromatic rings. The number of aromatic carboxylic acids is 1. The lowest BCUT2D eigenvalue weighted by molar-refractivity contribution is 0.0691. The smallest absolute Gasteiger partial charge is 0.338 e. The fourth-order valence-electron chi connectivity index (χ4n) is 0.843. The summed E-state index contributed by atoms with van der Waals surface area (Å²) >= 11 is 0. The number of benzene rings is 1. The van der Waals surface area contributed by atoms with Crippen molar-refractivity contribution in [1.82, 2.24) is 0 Å². The first-order chi connectivity index (χ1) is 5.52. The van der Waals surface area contributed by atoms with Crippen LogP contribution in [0.25, 0.3) is 0 Å². The molecule has 11 heavy (non-hydrogen) atoms. The average Bonchev–Trinajstić information content (AvgIpc) is 1.82. The van der Waals surface area contributed by atoms with Crippen LogP contribution < -0.4 is 0 Å². The Balaban J connectivity index is 3.38. The summed E-state index contributed by atoms with van der Waals surface area (Å²) < 4.78 is 19.9. The van der Waals surface area contributed by atoms with Gasteiger partial charge in [-0.05, 0) is 18.6 Å². The molecule has 0 unspecified atom stereocenters. The fraction of sp³-hybridized carbons (Fsp3) is 0.125. The Morgan fingerprint density at radius 1 is 1.73 bits per heavy atom. The van der Waals surface area contributed by atoms with Crippen LogP contribution in [0, 0.1) is 12.7 Å². The molecule has 58 valence electrons. The van der Waals surface area contributed by atoms with Gasteiger partial charge in [0.25, 0.3) is 0 Å². The Hall–Kier alpha value is -1.38. The van der Waals surface area contributed by atoms with E-state index >= 15 is 0 Å². The fourth-order valence-corrected chi connectivity index (χ4v) is 0.843. The average molecular weight is 155 g/mol. The zero-order valence-electron chi connectivity index (χ0n) is 6.89. The Bertz CT molecular complexity index is 313. The van der Waals surface area contributed by atoms with Crippen molar-refractivity contribution < 1.29 is 15.7 Å². The predicted octanol–water partition coefficient (Wildman–Crippen LogP) is 1.83. The van der Waals surface area contributed by atoms with Gasteiger partial charge in [0.1, 0.15) is 5.82 Å². The summed E-state index contributed by atoms with van der Waals surface area (Å²) in [6, 6.07) is 2.18. The Morgan fingerprint density at radius 3 is 2.82 bits per heavy atom. The second kappa shape index (κ2) is 2.70. The van der Waals surface area contributed by atoms with Gasteiger partial charge in [0.15, 0.2) is 0 Å². The van der Waals surface area contributed by atoms with E-state index in [9.17, 15) is 9.18 Å². The van der Waals surface area contributed by atoms with Gasteiger partial charge in [-0.3, -0.25) is 0 Å². The molecule has 0 saturated carbocycles. The number of rotatable bonds is 1. The van der Waals surface area contributed by atoms with Crippen LogP contribution in [0.15, 0.2) is 18.2 Å². The van der Waals surface area contributed by atoms with E-state index < -0.39 is 11.8 Å². The summed E-state index contributed by atoms with van der Waals surface area (Å²) in [4.78, 5) is 10.5. The molecule has 1 rings (SSSR count). The molecule has 0 aliphatic carbocycles. The van der Waals surface area contributed by atoms with E-state index in [4.69, 9.17) is 6.48 Å². The molecule has 0 bridgehead atoms. The zero-order chi connectivity index (χ0) is 9.30. The van der Waals surface area contributed by atoms with Crippen LogP contribution in [-0.4, -0.2) is 11.1 Å². The summed E-state index contributed by atoms with van der Waals surface area (Å²) in [5.74, 6) is -2.16. The van der Waals surface area contributed by atoms with Crippen molar-refractivity contribution >= 4 is 5.97 Å². The summed E-state index contributed by atoms with van der Waals surface area (Å²) in [7, 11) is 0. The SMILES string of the molecule is [2H]c1cc(C)c(C(=O)O)c(F)c1. The minimum atomic E-state index is -1.30. The molecule has 0 saturated heterocycles. The van der Waals surface area contributed by atoms with Gasteiger partial charge in [-0.1, -0.05) is 12.1 Å². The molecule has 0 amide bonds. The first-order valence-corrected chi connectivity index (χ1v) is 3.02. The quantitative estimate of drug-likeness (QED) is 0.671. The number of carboxylic acids is 1. The highest BCUT2D eigenvalue weighted by atomic mass is 19.1. The van der Waals surface area contributed by atoms with E-state index in [1.54, 1.807) is 0 Å². The minimum absolute atomic E-state index is 0.0185. The van der Waals surface area contributed by atoms with E-state index in [1.165, 1.54) is 13.0 Å². The standard InChI is InChI=1S/C8H7FO2/c1-5-3-2-4-6(9)7(5)8(10)11/h2-4H,1H3,(H,10,11)/i2D. The maximum Gasteiger partial charge on any atom is 0.338 e. The molecule has 0 aliphatic heterocycles. The Morgan fingerprint density at radius 2 is 2.36 bits per heavy atom. The zero-order valence-corrected chi connectivity index (χ0v) is 5.89. The summed E-state index contributed by atoms with van der Waals surface area (Å²) in [5, 5.41) is 8.54. The van der Waals surface area contributed by atoms with Gasteiger partial charge < -0.3 is 5.11 Å². The number of hydrogen-bond acceptors (Lipinski definition) is 1. The van der Waals surface area contributed by atoms with Crippen molar-refractivity contribution in [1.29, 1.82) is 0 Å². The van der Waals surface area contributed by atoms with Crippen molar-refractivity contribution in [2.75, 3.05) is 0 Å². The first-order valence-electron chi connectivity index (χ1n) is 3.52. The second-order valence-corrected chi connectivity index (χ2v) is 2.17. The van der Waals surface area contributed by atoms with Crippen LogP contribution in [0.4, 0.5) is 4.39 Å². The van der Waals surface area contributed by atoms with Crippen molar-refractivity contribution in [3.8, 4) is 0 Å². The third-order valence-corrected chi connectivity index (χ3v) is 1.36. The van der Waals surface area contributed by atoms with Crippen LogP contribution >= 0.6 is 0 Å². The number of halogens is 1. The Labute approximate surface area is 64.7 Å². The first kappa shape index (κ1) is 6.34. The molecule has 0 aliphatic rings. The maximum absolute atomic E-state index is 12.9. The molecular weight excluding hydrogens is 147 g/mol. The molecule has 0 spiro atoms. The van der Waals surface area contributed by atoms with Gasteiger partial charge in [-0.25, -0.2) is 9.18 Å². The molecule has 0 atom stereocenters. The topological polar surface area (TPSA) is 37.3 Å². The molecule has 0 fully saturated rings. The minimum Gasteiger partial charge on any atom is -0.478 e. The van der Waals surface area contributed by atoms with Crippen LogP contribution in [0.5, 0.6) is 0 Å². The third kappa shape index (κ3) is 1.37. The van der Waals surface area contributed by atoms with Crippen LogP contribution in [-0.2, 0) is 0 Å². The van der Waals surface area contributed by atoms with E-state index in [2.05, 4.69) is 0 Å². The van der Waals surface area contributed by atoms with E-state index in [-0.39, 0.29) is 17.2 Å². The van der Waals surface area contributed by atoms with Crippen molar-refractivity contribution in [2.45, 2.75) is 6.92 Å². The van der Waals surface area contributed by atoms with Crippen molar-refractivity contribution in [3.63, 3.8) is 0 Å². The van der Waals surface area contributed by atoms with Crippen LogP contribution in [0.1, 0.15) is 17.3 Å². The highest BCUT2D eigenvalue weighted by molar-refractivity contribution is 5.89. The monoisotopic (exact) mass is 155 g/mol. The number of carbonyl (C=O) groups is 1. The molecule has 1 N–H and O–H groups in total. The van der Waals surface area contributed by atoms with Crippen molar-refractivity contribution in [3.05, 3.63) is 35.1 Å². The van der Waals surface area contributed by atoms with Gasteiger partial charge in [-0.15, -0.1) is 0 Å². The summed E-state index contributed by atoms with van der Waals surface area (Å²) in [6.07, 6.45) is 0. The molecule has 3 heteroatoms. The van der Waals surface area contributed by atoms with Gasteiger partial charge in [-0.2, -0.15) is 0 Å². The lowest BCUT2D eigenvalue weighted by atomic mass is 10.1. The normalized spacial score (nSPS) is 10.9. The number of aryl methyl sites for hydroxylation is 1. The highest BCUT2D eigenvalue weighted by Gasteiger charge is 2.11. The predicted molar refractivity (Wildman–Crippen MR) is 38.1 cm³/mol.